The number of aromatic nitrogens is 2. The third-order valence-electron chi connectivity index (χ3n) is 3.17. The quantitative estimate of drug-likeness (QED) is 0.779. The van der Waals surface area contributed by atoms with Crippen LogP contribution in [0.3, 0.4) is 0 Å². The SMILES string of the molecule is COc1c(C)cnc(CSc2ccc(C(F)(F)F)cn2)c1C. The molecule has 0 fully saturated rings. The van der Waals surface area contributed by atoms with E-state index in [1.807, 2.05) is 13.8 Å². The van der Waals surface area contributed by atoms with Gasteiger partial charge in [-0.3, -0.25) is 4.98 Å². The summed E-state index contributed by atoms with van der Waals surface area (Å²) in [4.78, 5) is 8.18. The van der Waals surface area contributed by atoms with Gasteiger partial charge in [-0.1, -0.05) is 0 Å². The van der Waals surface area contributed by atoms with E-state index >= 15 is 0 Å². The van der Waals surface area contributed by atoms with Crippen molar-refractivity contribution < 1.29 is 17.9 Å². The number of halogens is 3. The number of rotatable bonds is 4. The van der Waals surface area contributed by atoms with Crippen molar-refractivity contribution in [3.63, 3.8) is 0 Å². The lowest BCUT2D eigenvalue weighted by atomic mass is 10.1. The number of aryl methyl sites for hydroxylation is 1. The molecule has 2 rings (SSSR count). The van der Waals surface area contributed by atoms with Gasteiger partial charge in [0.15, 0.2) is 0 Å². The zero-order chi connectivity index (χ0) is 16.3. The van der Waals surface area contributed by atoms with Crippen LogP contribution in [-0.2, 0) is 11.9 Å². The van der Waals surface area contributed by atoms with Crippen molar-refractivity contribution >= 4 is 11.8 Å². The number of thioether (sulfide) groups is 1. The Labute approximate surface area is 130 Å². The Kier molecular flexibility index (Phi) is 4.95. The smallest absolute Gasteiger partial charge is 0.417 e. The number of hydrogen-bond acceptors (Lipinski definition) is 4. The summed E-state index contributed by atoms with van der Waals surface area (Å²) < 4.78 is 42.8. The van der Waals surface area contributed by atoms with Gasteiger partial charge < -0.3 is 4.74 Å². The van der Waals surface area contributed by atoms with Gasteiger partial charge in [-0.15, -0.1) is 11.8 Å². The van der Waals surface area contributed by atoms with Crippen LogP contribution in [0.2, 0.25) is 0 Å². The van der Waals surface area contributed by atoms with E-state index in [1.54, 1.807) is 13.3 Å². The largest absolute Gasteiger partial charge is 0.496 e. The Morgan fingerprint density at radius 2 is 1.86 bits per heavy atom. The first-order valence-electron chi connectivity index (χ1n) is 6.48. The van der Waals surface area contributed by atoms with Gasteiger partial charge in [0.2, 0.25) is 0 Å². The van der Waals surface area contributed by atoms with Crippen LogP contribution >= 0.6 is 11.8 Å². The molecule has 2 heterocycles. The summed E-state index contributed by atoms with van der Waals surface area (Å²) >= 11 is 1.34. The fourth-order valence-corrected chi connectivity index (χ4v) is 2.86. The molecule has 0 N–H and O–H groups in total. The van der Waals surface area contributed by atoms with Crippen LogP contribution < -0.4 is 4.74 Å². The zero-order valence-electron chi connectivity index (χ0n) is 12.4. The van der Waals surface area contributed by atoms with E-state index in [9.17, 15) is 13.2 Å². The summed E-state index contributed by atoms with van der Waals surface area (Å²) in [6, 6.07) is 2.40. The second kappa shape index (κ2) is 6.56. The van der Waals surface area contributed by atoms with E-state index in [1.165, 1.54) is 17.8 Å². The molecule has 0 saturated carbocycles. The Balaban J connectivity index is 2.11. The van der Waals surface area contributed by atoms with Crippen LogP contribution in [0.4, 0.5) is 13.2 Å². The van der Waals surface area contributed by atoms with E-state index in [0.29, 0.717) is 10.8 Å². The van der Waals surface area contributed by atoms with Crippen LogP contribution in [0.15, 0.2) is 29.6 Å². The molecule has 0 bridgehead atoms. The molecule has 0 radical (unpaired) electrons. The molecule has 0 atom stereocenters. The number of nitrogens with zero attached hydrogens (tertiary/aromatic N) is 2. The fourth-order valence-electron chi connectivity index (χ4n) is 1.99. The minimum Gasteiger partial charge on any atom is -0.496 e. The number of hydrogen-bond donors (Lipinski definition) is 0. The molecule has 0 aromatic carbocycles. The summed E-state index contributed by atoms with van der Waals surface area (Å²) in [6.07, 6.45) is -1.79. The summed E-state index contributed by atoms with van der Waals surface area (Å²) in [5.41, 5.74) is 1.96. The predicted molar refractivity (Wildman–Crippen MR) is 79.1 cm³/mol. The van der Waals surface area contributed by atoms with Gasteiger partial charge in [-0.2, -0.15) is 13.2 Å². The molecule has 0 aliphatic carbocycles. The average molecular weight is 328 g/mol. The normalized spacial score (nSPS) is 11.5. The van der Waals surface area contributed by atoms with E-state index in [4.69, 9.17) is 4.74 Å². The van der Waals surface area contributed by atoms with Gasteiger partial charge in [-0.25, -0.2) is 4.98 Å². The van der Waals surface area contributed by atoms with Crippen molar-refractivity contribution in [2.75, 3.05) is 7.11 Å². The maximum atomic E-state index is 12.5. The highest BCUT2D eigenvalue weighted by Gasteiger charge is 2.30. The van der Waals surface area contributed by atoms with Crippen molar-refractivity contribution in [3.8, 4) is 5.75 Å². The number of ether oxygens (including phenoxy) is 1. The maximum absolute atomic E-state index is 12.5. The zero-order valence-corrected chi connectivity index (χ0v) is 13.2. The molecule has 118 valence electrons. The lowest BCUT2D eigenvalue weighted by molar-refractivity contribution is -0.137. The third kappa shape index (κ3) is 3.71. The van der Waals surface area contributed by atoms with Gasteiger partial charge in [0.1, 0.15) is 5.75 Å². The molecule has 7 heteroatoms. The molecule has 2 aromatic heterocycles. The van der Waals surface area contributed by atoms with Gasteiger partial charge in [0, 0.05) is 29.3 Å². The van der Waals surface area contributed by atoms with E-state index in [2.05, 4.69) is 9.97 Å². The number of pyridine rings is 2. The summed E-state index contributed by atoms with van der Waals surface area (Å²) in [7, 11) is 1.60. The summed E-state index contributed by atoms with van der Waals surface area (Å²) in [5, 5.41) is 0.522. The van der Waals surface area contributed by atoms with Crippen molar-refractivity contribution in [2.45, 2.75) is 30.8 Å². The standard InChI is InChI=1S/C15H15F3N2OS/c1-9-6-19-12(10(2)14(9)21-3)8-22-13-5-4-11(7-20-13)15(16,17)18/h4-7H,8H2,1-3H3. The second-order valence-electron chi connectivity index (χ2n) is 4.72. The topological polar surface area (TPSA) is 35.0 Å². The van der Waals surface area contributed by atoms with Crippen LogP contribution in [0.25, 0.3) is 0 Å². The lowest BCUT2D eigenvalue weighted by Crippen LogP contribution is -2.05. The predicted octanol–water partition coefficient (Wildman–Crippen LogP) is 4.41. The lowest BCUT2D eigenvalue weighted by Gasteiger charge is -2.12. The fraction of sp³-hybridized carbons (Fsp3) is 0.333. The summed E-state index contributed by atoms with van der Waals surface area (Å²) in [6.45, 7) is 3.82. The second-order valence-corrected chi connectivity index (χ2v) is 5.71. The first-order valence-corrected chi connectivity index (χ1v) is 7.46. The molecule has 0 spiro atoms. The number of methoxy groups -OCH3 is 1. The van der Waals surface area contributed by atoms with Crippen LogP contribution in [-0.4, -0.2) is 17.1 Å². The van der Waals surface area contributed by atoms with Crippen molar-refractivity contribution in [3.05, 3.63) is 46.9 Å². The van der Waals surface area contributed by atoms with E-state index in [0.717, 1.165) is 34.8 Å². The highest BCUT2D eigenvalue weighted by atomic mass is 32.2. The van der Waals surface area contributed by atoms with Crippen LogP contribution in [0.1, 0.15) is 22.4 Å². The Morgan fingerprint density at radius 3 is 2.41 bits per heavy atom. The molecule has 0 amide bonds. The molecule has 0 aliphatic rings. The highest BCUT2D eigenvalue weighted by Crippen LogP contribution is 2.31. The third-order valence-corrected chi connectivity index (χ3v) is 4.13. The summed E-state index contributed by atoms with van der Waals surface area (Å²) in [5.74, 6) is 1.30. The maximum Gasteiger partial charge on any atom is 0.417 e. The van der Waals surface area contributed by atoms with Crippen molar-refractivity contribution in [1.29, 1.82) is 0 Å². The Morgan fingerprint density at radius 1 is 1.14 bits per heavy atom. The molecule has 0 aliphatic heterocycles. The molecular weight excluding hydrogens is 313 g/mol. The van der Waals surface area contributed by atoms with Crippen molar-refractivity contribution in [1.82, 2.24) is 9.97 Å². The van der Waals surface area contributed by atoms with Crippen LogP contribution in [0.5, 0.6) is 5.75 Å². The minimum absolute atomic E-state index is 0.515. The molecule has 2 aromatic rings. The molecule has 0 saturated heterocycles. The van der Waals surface area contributed by atoms with Gasteiger partial charge >= 0.3 is 6.18 Å². The average Bonchev–Trinajstić information content (AvgIpc) is 2.46. The molecule has 22 heavy (non-hydrogen) atoms. The van der Waals surface area contributed by atoms with Crippen LogP contribution in [0, 0.1) is 13.8 Å². The van der Waals surface area contributed by atoms with E-state index in [-0.39, 0.29) is 0 Å². The molecule has 0 unspecified atom stereocenters. The monoisotopic (exact) mass is 328 g/mol. The Bertz CT molecular complexity index is 657. The van der Waals surface area contributed by atoms with E-state index < -0.39 is 11.7 Å². The van der Waals surface area contributed by atoms with Gasteiger partial charge in [0.25, 0.3) is 0 Å². The van der Waals surface area contributed by atoms with Gasteiger partial charge in [0.05, 0.1) is 23.4 Å². The number of alkyl halides is 3. The van der Waals surface area contributed by atoms with Gasteiger partial charge in [-0.05, 0) is 26.0 Å². The van der Waals surface area contributed by atoms with Crippen molar-refractivity contribution in [2.24, 2.45) is 0 Å². The first-order chi connectivity index (χ1) is 10.3. The first kappa shape index (κ1) is 16.6. The molecule has 3 nitrogen and oxygen atoms in total. The Hall–Kier alpha value is -1.76. The molecular formula is C15H15F3N2OS. The minimum atomic E-state index is -4.36. The highest BCUT2D eigenvalue weighted by molar-refractivity contribution is 7.98.